The average molecular weight is 262 g/mol. The molecule has 0 spiro atoms. The van der Waals surface area contributed by atoms with Gasteiger partial charge in [-0.15, -0.1) is 0 Å². The molecule has 98 valence electrons. The van der Waals surface area contributed by atoms with Gasteiger partial charge in [-0.1, -0.05) is 38.1 Å². The highest BCUT2D eigenvalue weighted by molar-refractivity contribution is 5.51. The molecule has 0 aliphatic rings. The van der Waals surface area contributed by atoms with Gasteiger partial charge < -0.3 is 0 Å². The molecule has 0 atom stereocenters. The van der Waals surface area contributed by atoms with E-state index in [-0.39, 0.29) is 5.41 Å². The third kappa shape index (κ3) is 2.66. The van der Waals surface area contributed by atoms with Crippen LogP contribution < -0.4 is 0 Å². The Labute approximate surface area is 118 Å². The molecule has 0 amide bonds. The first-order chi connectivity index (χ1) is 9.57. The third-order valence-corrected chi connectivity index (χ3v) is 3.50. The fourth-order valence-electron chi connectivity index (χ4n) is 2.13. The van der Waals surface area contributed by atoms with Gasteiger partial charge in [0.15, 0.2) is 0 Å². The molecule has 2 aromatic rings. The summed E-state index contributed by atoms with van der Waals surface area (Å²) < 4.78 is 0. The molecule has 2 rings (SSSR count). The molecule has 0 unspecified atom stereocenters. The van der Waals surface area contributed by atoms with Crippen molar-refractivity contribution in [2.45, 2.75) is 19.3 Å². The van der Waals surface area contributed by atoms with Crippen LogP contribution in [0.1, 0.15) is 30.5 Å². The monoisotopic (exact) mass is 262 g/mol. The molecule has 0 fully saturated rings. The maximum atomic E-state index is 10.2. The van der Waals surface area contributed by atoms with Gasteiger partial charge in [0, 0.05) is 5.41 Å². The van der Waals surface area contributed by atoms with Gasteiger partial charge in [0.05, 0.1) is 17.3 Å². The van der Waals surface area contributed by atoms with Crippen molar-refractivity contribution in [1.29, 1.82) is 5.26 Å². The first kappa shape index (κ1) is 13.7. The molecule has 0 bridgehead atoms. The number of nitriles is 1. The zero-order valence-corrected chi connectivity index (χ0v) is 11.4. The Morgan fingerprint density at radius 2 is 1.45 bits per heavy atom. The lowest BCUT2D eigenvalue weighted by Gasteiger charge is -2.26. The summed E-state index contributed by atoms with van der Waals surface area (Å²) in [5.74, 6) is 0. The van der Waals surface area contributed by atoms with Crippen LogP contribution in [0.5, 0.6) is 0 Å². The van der Waals surface area contributed by atoms with Gasteiger partial charge in [0.25, 0.3) is 0 Å². The van der Waals surface area contributed by atoms with Crippen molar-refractivity contribution in [3.05, 3.63) is 65.2 Å². The van der Waals surface area contributed by atoms with Gasteiger partial charge in [-0.05, 0) is 35.4 Å². The molecule has 2 aromatic carbocycles. The van der Waals surface area contributed by atoms with Gasteiger partial charge in [-0.2, -0.15) is 10.3 Å². The fraction of sp³-hybridized carbons (Fsp3) is 0.176. The van der Waals surface area contributed by atoms with Crippen molar-refractivity contribution in [3.8, 4) is 6.07 Å². The second kappa shape index (κ2) is 5.52. The zero-order chi connectivity index (χ0) is 14.6. The Hall–Kier alpha value is -2.69. The predicted molar refractivity (Wildman–Crippen MR) is 77.5 cm³/mol. The summed E-state index contributed by atoms with van der Waals surface area (Å²) in [5.41, 5.74) is 3.31. The van der Waals surface area contributed by atoms with Crippen LogP contribution in [0.4, 0.5) is 5.69 Å². The molecular formula is C17H14N2O. The van der Waals surface area contributed by atoms with Crippen molar-refractivity contribution in [2.75, 3.05) is 0 Å². The summed E-state index contributed by atoms with van der Waals surface area (Å²) >= 11 is 0. The van der Waals surface area contributed by atoms with E-state index in [0.717, 1.165) is 11.1 Å². The zero-order valence-electron chi connectivity index (χ0n) is 11.4. The minimum atomic E-state index is -0.183. The molecule has 0 saturated carbocycles. The highest BCUT2D eigenvalue weighted by Crippen LogP contribution is 2.32. The number of nitrogens with zero attached hydrogens (tertiary/aromatic N) is 2. The smallest absolute Gasteiger partial charge is 0.211 e. The van der Waals surface area contributed by atoms with E-state index in [9.17, 15) is 4.79 Å². The van der Waals surface area contributed by atoms with E-state index in [1.54, 1.807) is 12.1 Å². The number of hydrogen-bond acceptors (Lipinski definition) is 3. The van der Waals surface area contributed by atoms with Crippen LogP contribution in [0.25, 0.3) is 0 Å². The topological polar surface area (TPSA) is 53.2 Å². The molecule has 0 saturated heterocycles. The Morgan fingerprint density at radius 1 is 0.950 bits per heavy atom. The lowest BCUT2D eigenvalue weighted by molar-refractivity contribution is 0.565. The van der Waals surface area contributed by atoms with Crippen molar-refractivity contribution >= 4 is 11.8 Å². The highest BCUT2D eigenvalue weighted by atomic mass is 16.1. The second-order valence-corrected chi connectivity index (χ2v) is 5.06. The van der Waals surface area contributed by atoms with E-state index in [0.29, 0.717) is 11.3 Å². The largest absolute Gasteiger partial charge is 0.240 e. The standard InChI is InChI=1S/C17H14N2O/c1-17(2,14-5-3-13(11-18)4-6-14)15-7-9-16(10-8-15)19-12-20/h3-10H,1-2H3. The first-order valence-corrected chi connectivity index (χ1v) is 6.27. The van der Waals surface area contributed by atoms with Crippen LogP contribution in [0, 0.1) is 11.3 Å². The summed E-state index contributed by atoms with van der Waals surface area (Å²) in [4.78, 5) is 13.8. The summed E-state index contributed by atoms with van der Waals surface area (Å²) in [6.07, 6.45) is 1.53. The Morgan fingerprint density at radius 3 is 1.90 bits per heavy atom. The number of benzene rings is 2. The molecular weight excluding hydrogens is 248 g/mol. The predicted octanol–water partition coefficient (Wildman–Crippen LogP) is 3.85. The van der Waals surface area contributed by atoms with E-state index in [2.05, 4.69) is 24.9 Å². The summed E-state index contributed by atoms with van der Waals surface area (Å²) in [6.45, 7) is 4.23. The van der Waals surface area contributed by atoms with Crippen LogP contribution in [-0.4, -0.2) is 6.08 Å². The Bertz CT molecular complexity index is 685. The molecule has 3 heteroatoms. The number of aliphatic imine (C=N–C) groups is 1. The van der Waals surface area contributed by atoms with Crippen LogP contribution in [-0.2, 0) is 10.2 Å². The lowest BCUT2D eigenvalue weighted by Crippen LogP contribution is -2.18. The van der Waals surface area contributed by atoms with Crippen LogP contribution >= 0.6 is 0 Å². The summed E-state index contributed by atoms with van der Waals surface area (Å²) in [6, 6.07) is 17.2. The minimum absolute atomic E-state index is 0.183. The van der Waals surface area contributed by atoms with Gasteiger partial charge in [-0.3, -0.25) is 0 Å². The van der Waals surface area contributed by atoms with Crippen molar-refractivity contribution in [3.63, 3.8) is 0 Å². The van der Waals surface area contributed by atoms with Crippen molar-refractivity contribution in [2.24, 2.45) is 4.99 Å². The van der Waals surface area contributed by atoms with Crippen molar-refractivity contribution < 1.29 is 4.79 Å². The number of carbonyl (C=O) groups excluding carboxylic acids is 1. The molecule has 0 N–H and O–H groups in total. The normalized spacial score (nSPS) is 10.4. The molecule has 0 aliphatic heterocycles. The number of rotatable bonds is 3. The maximum Gasteiger partial charge on any atom is 0.240 e. The Kier molecular flexibility index (Phi) is 3.79. The van der Waals surface area contributed by atoms with Gasteiger partial charge in [0.2, 0.25) is 6.08 Å². The third-order valence-electron chi connectivity index (χ3n) is 3.50. The molecule has 20 heavy (non-hydrogen) atoms. The van der Waals surface area contributed by atoms with E-state index >= 15 is 0 Å². The molecule has 3 nitrogen and oxygen atoms in total. The van der Waals surface area contributed by atoms with Crippen LogP contribution in [0.15, 0.2) is 53.5 Å². The molecule has 0 aliphatic carbocycles. The fourth-order valence-corrected chi connectivity index (χ4v) is 2.13. The SMILES string of the molecule is CC(C)(c1ccc(C#N)cc1)c1ccc(N=C=O)cc1. The highest BCUT2D eigenvalue weighted by Gasteiger charge is 2.22. The second-order valence-electron chi connectivity index (χ2n) is 5.06. The minimum Gasteiger partial charge on any atom is -0.211 e. The van der Waals surface area contributed by atoms with E-state index in [1.165, 1.54) is 6.08 Å². The molecule has 0 radical (unpaired) electrons. The van der Waals surface area contributed by atoms with Crippen LogP contribution in [0.3, 0.4) is 0 Å². The molecule has 0 aromatic heterocycles. The lowest BCUT2D eigenvalue weighted by atomic mass is 9.78. The van der Waals surface area contributed by atoms with Crippen LogP contribution in [0.2, 0.25) is 0 Å². The molecule has 0 heterocycles. The number of isocyanates is 1. The maximum absolute atomic E-state index is 10.2. The van der Waals surface area contributed by atoms with Gasteiger partial charge in [0.1, 0.15) is 0 Å². The van der Waals surface area contributed by atoms with E-state index in [1.807, 2.05) is 36.4 Å². The average Bonchev–Trinajstić information content (AvgIpc) is 2.48. The van der Waals surface area contributed by atoms with Gasteiger partial charge in [-0.25, -0.2) is 4.79 Å². The first-order valence-electron chi connectivity index (χ1n) is 6.27. The van der Waals surface area contributed by atoms with E-state index in [4.69, 9.17) is 5.26 Å². The summed E-state index contributed by atoms with van der Waals surface area (Å²) in [5, 5.41) is 8.84. The number of hydrogen-bond donors (Lipinski definition) is 0. The summed E-state index contributed by atoms with van der Waals surface area (Å²) in [7, 11) is 0. The Balaban J connectivity index is 2.37. The van der Waals surface area contributed by atoms with Crippen molar-refractivity contribution in [1.82, 2.24) is 0 Å². The van der Waals surface area contributed by atoms with E-state index < -0.39 is 0 Å². The quantitative estimate of drug-likeness (QED) is 0.623. The van der Waals surface area contributed by atoms with Gasteiger partial charge >= 0.3 is 0 Å².